The van der Waals surface area contributed by atoms with Crippen LogP contribution in [0.1, 0.15) is 45.4 Å². The van der Waals surface area contributed by atoms with Crippen molar-refractivity contribution in [3.05, 3.63) is 0 Å². The lowest BCUT2D eigenvalue weighted by atomic mass is 9.93. The van der Waals surface area contributed by atoms with E-state index in [0.29, 0.717) is 18.9 Å². The summed E-state index contributed by atoms with van der Waals surface area (Å²) in [5.74, 6) is 1.08. The van der Waals surface area contributed by atoms with Gasteiger partial charge in [0.1, 0.15) is 0 Å². The molecule has 0 aromatic heterocycles. The molecule has 2 amide bonds. The van der Waals surface area contributed by atoms with E-state index in [2.05, 4.69) is 5.32 Å². The minimum atomic E-state index is 0.0166. The molecular weight excluding hydrogens is 278 g/mol. The van der Waals surface area contributed by atoms with Crippen LogP contribution in [0.4, 0.5) is 0 Å². The molecule has 2 rings (SSSR count). The van der Waals surface area contributed by atoms with Crippen LogP contribution in [0.25, 0.3) is 0 Å². The molecule has 2 unspecified atom stereocenters. The minimum Gasteiger partial charge on any atom is -0.342 e. The van der Waals surface area contributed by atoms with Gasteiger partial charge in [0.25, 0.3) is 0 Å². The molecule has 2 atom stereocenters. The number of amides is 2. The van der Waals surface area contributed by atoms with Crippen LogP contribution < -0.4 is 5.32 Å². The van der Waals surface area contributed by atoms with Crippen molar-refractivity contribution in [3.8, 4) is 0 Å². The average molecular weight is 309 g/mol. The molecule has 2 fully saturated rings. The van der Waals surface area contributed by atoms with E-state index in [1.165, 1.54) is 6.42 Å². The Hall–Kier alpha value is -1.10. The Labute approximate surface area is 134 Å². The second-order valence-electron chi connectivity index (χ2n) is 6.78. The standard InChI is InChI=1S/C17H31N3O2/c1-3-6-16(21)19-9-5-8-15(13-19)17(22)20-10-4-7-14(12-20)11-18-2/h14-15,18H,3-13H2,1-2H3. The van der Waals surface area contributed by atoms with Gasteiger partial charge >= 0.3 is 0 Å². The van der Waals surface area contributed by atoms with Gasteiger partial charge in [-0.05, 0) is 51.6 Å². The number of nitrogens with one attached hydrogen (secondary N) is 1. The lowest BCUT2D eigenvalue weighted by Gasteiger charge is -2.38. The molecule has 0 spiro atoms. The first-order valence-electron chi connectivity index (χ1n) is 8.86. The minimum absolute atomic E-state index is 0.0166. The Balaban J connectivity index is 1.89. The fourth-order valence-electron chi connectivity index (χ4n) is 3.76. The van der Waals surface area contributed by atoms with Gasteiger partial charge in [0, 0.05) is 32.6 Å². The molecule has 2 saturated heterocycles. The summed E-state index contributed by atoms with van der Waals surface area (Å²) >= 11 is 0. The van der Waals surface area contributed by atoms with Crippen molar-refractivity contribution in [2.45, 2.75) is 45.4 Å². The van der Waals surface area contributed by atoms with Crippen molar-refractivity contribution in [1.29, 1.82) is 0 Å². The lowest BCUT2D eigenvalue weighted by Crippen LogP contribution is -2.49. The molecule has 0 aliphatic carbocycles. The predicted molar refractivity (Wildman–Crippen MR) is 87.4 cm³/mol. The first-order chi connectivity index (χ1) is 10.7. The van der Waals surface area contributed by atoms with E-state index < -0.39 is 0 Å². The first kappa shape index (κ1) is 17.3. The van der Waals surface area contributed by atoms with Crippen LogP contribution in [-0.4, -0.2) is 61.4 Å². The number of hydrogen-bond acceptors (Lipinski definition) is 3. The number of nitrogens with zero attached hydrogens (tertiary/aromatic N) is 2. The second-order valence-corrected chi connectivity index (χ2v) is 6.78. The molecule has 5 nitrogen and oxygen atoms in total. The zero-order valence-electron chi connectivity index (χ0n) is 14.1. The van der Waals surface area contributed by atoms with E-state index in [1.54, 1.807) is 0 Å². The first-order valence-corrected chi connectivity index (χ1v) is 8.86. The summed E-state index contributed by atoms with van der Waals surface area (Å²) in [4.78, 5) is 28.8. The van der Waals surface area contributed by atoms with E-state index in [0.717, 1.165) is 51.9 Å². The number of likely N-dealkylation sites (tertiary alicyclic amines) is 2. The number of piperidine rings is 2. The highest BCUT2D eigenvalue weighted by Gasteiger charge is 2.32. The number of hydrogen-bond donors (Lipinski definition) is 1. The maximum atomic E-state index is 12.8. The smallest absolute Gasteiger partial charge is 0.227 e. The van der Waals surface area contributed by atoms with E-state index in [4.69, 9.17) is 0 Å². The highest BCUT2D eigenvalue weighted by molar-refractivity contribution is 5.81. The third-order valence-electron chi connectivity index (χ3n) is 4.91. The Morgan fingerprint density at radius 2 is 1.82 bits per heavy atom. The molecule has 126 valence electrons. The molecular formula is C17H31N3O2. The number of carbonyl (C=O) groups is 2. The van der Waals surface area contributed by atoms with Crippen molar-refractivity contribution in [2.24, 2.45) is 11.8 Å². The Morgan fingerprint density at radius 3 is 2.55 bits per heavy atom. The molecule has 0 bridgehead atoms. The van der Waals surface area contributed by atoms with Gasteiger partial charge in [-0.2, -0.15) is 0 Å². The molecule has 5 heteroatoms. The van der Waals surface area contributed by atoms with Gasteiger partial charge in [0.05, 0.1) is 5.92 Å². The summed E-state index contributed by atoms with van der Waals surface area (Å²) < 4.78 is 0. The summed E-state index contributed by atoms with van der Waals surface area (Å²) in [6.07, 6.45) is 5.68. The maximum absolute atomic E-state index is 12.8. The number of rotatable bonds is 5. The van der Waals surface area contributed by atoms with Crippen molar-refractivity contribution >= 4 is 11.8 Å². The van der Waals surface area contributed by atoms with Gasteiger partial charge in [0.2, 0.25) is 11.8 Å². The third-order valence-corrected chi connectivity index (χ3v) is 4.91. The summed E-state index contributed by atoms with van der Waals surface area (Å²) in [6, 6.07) is 0. The molecule has 0 radical (unpaired) electrons. The zero-order valence-corrected chi connectivity index (χ0v) is 14.1. The van der Waals surface area contributed by atoms with Crippen molar-refractivity contribution in [2.75, 3.05) is 39.8 Å². The quantitative estimate of drug-likeness (QED) is 0.837. The molecule has 0 aromatic carbocycles. The molecule has 1 N–H and O–H groups in total. The molecule has 0 aromatic rings. The monoisotopic (exact) mass is 309 g/mol. The average Bonchev–Trinajstić information content (AvgIpc) is 2.55. The molecule has 22 heavy (non-hydrogen) atoms. The summed E-state index contributed by atoms with van der Waals surface area (Å²) in [6.45, 7) is 6.23. The van der Waals surface area contributed by atoms with Crippen LogP contribution in [-0.2, 0) is 9.59 Å². The summed E-state index contributed by atoms with van der Waals surface area (Å²) in [5, 5.41) is 3.22. The van der Waals surface area contributed by atoms with Crippen molar-refractivity contribution < 1.29 is 9.59 Å². The van der Waals surface area contributed by atoms with Crippen LogP contribution in [0.2, 0.25) is 0 Å². The van der Waals surface area contributed by atoms with Crippen molar-refractivity contribution in [1.82, 2.24) is 15.1 Å². The second kappa shape index (κ2) is 8.51. The van der Waals surface area contributed by atoms with E-state index >= 15 is 0 Å². The van der Waals surface area contributed by atoms with Gasteiger partial charge in [-0.15, -0.1) is 0 Å². The Morgan fingerprint density at radius 1 is 1.09 bits per heavy atom. The highest BCUT2D eigenvalue weighted by atomic mass is 16.2. The zero-order chi connectivity index (χ0) is 15.9. The number of carbonyl (C=O) groups excluding carboxylic acids is 2. The fourth-order valence-corrected chi connectivity index (χ4v) is 3.76. The largest absolute Gasteiger partial charge is 0.342 e. The van der Waals surface area contributed by atoms with E-state index in [-0.39, 0.29) is 17.7 Å². The van der Waals surface area contributed by atoms with Crippen LogP contribution in [0.3, 0.4) is 0 Å². The van der Waals surface area contributed by atoms with Gasteiger partial charge < -0.3 is 15.1 Å². The SMILES string of the molecule is CCCC(=O)N1CCCC(C(=O)N2CCCC(CNC)C2)C1. The van der Waals surface area contributed by atoms with Gasteiger partial charge in [-0.3, -0.25) is 9.59 Å². The van der Waals surface area contributed by atoms with Crippen LogP contribution in [0.15, 0.2) is 0 Å². The van der Waals surface area contributed by atoms with E-state index in [9.17, 15) is 9.59 Å². The van der Waals surface area contributed by atoms with Crippen LogP contribution in [0.5, 0.6) is 0 Å². The highest BCUT2D eigenvalue weighted by Crippen LogP contribution is 2.23. The van der Waals surface area contributed by atoms with Gasteiger partial charge in [0.15, 0.2) is 0 Å². The van der Waals surface area contributed by atoms with Gasteiger partial charge in [-0.25, -0.2) is 0 Å². The molecule has 2 aliphatic rings. The maximum Gasteiger partial charge on any atom is 0.227 e. The van der Waals surface area contributed by atoms with E-state index in [1.807, 2.05) is 23.8 Å². The lowest BCUT2D eigenvalue weighted by molar-refractivity contribution is -0.142. The normalized spacial score (nSPS) is 26.1. The molecule has 2 aliphatic heterocycles. The molecule has 2 heterocycles. The van der Waals surface area contributed by atoms with Gasteiger partial charge in [-0.1, -0.05) is 6.92 Å². The molecule has 0 saturated carbocycles. The van der Waals surface area contributed by atoms with Crippen LogP contribution >= 0.6 is 0 Å². The summed E-state index contributed by atoms with van der Waals surface area (Å²) in [7, 11) is 1.97. The fraction of sp³-hybridized carbons (Fsp3) is 0.882. The predicted octanol–water partition coefficient (Wildman–Crippen LogP) is 1.48. The third kappa shape index (κ3) is 4.45. The van der Waals surface area contributed by atoms with Crippen LogP contribution in [0, 0.1) is 11.8 Å². The Bertz CT molecular complexity index is 384. The topological polar surface area (TPSA) is 52.7 Å². The summed E-state index contributed by atoms with van der Waals surface area (Å²) in [5.41, 5.74) is 0. The Kier molecular flexibility index (Phi) is 6.68. The van der Waals surface area contributed by atoms with Crippen molar-refractivity contribution in [3.63, 3.8) is 0 Å².